The molecule has 35 valence electrons. The van der Waals surface area contributed by atoms with Crippen molar-refractivity contribution in [1.82, 2.24) is 0 Å². The molecule has 0 aromatic rings. The third-order valence-electron chi connectivity index (χ3n) is 0. The van der Waals surface area contributed by atoms with Crippen molar-refractivity contribution in [2.24, 2.45) is 0 Å². The van der Waals surface area contributed by atoms with E-state index in [9.17, 15) is 0 Å². The van der Waals surface area contributed by atoms with Gasteiger partial charge in [-0.3, -0.25) is 0 Å². The molecule has 0 fully saturated rings. The molecule has 0 nitrogen and oxygen atoms in total. The molecular formula is Cl4CrNa. The number of rotatable bonds is 0. The average molecular weight is 217 g/mol. The molecule has 0 aliphatic rings. The smallest absolute Gasteiger partial charge is 1.00 e. The zero-order chi connectivity index (χ0) is 0. The molecule has 6 heteroatoms. The summed E-state index contributed by atoms with van der Waals surface area (Å²) in [7, 11) is 0. The van der Waals surface area contributed by atoms with Crippen LogP contribution >= 0.6 is 0 Å². The van der Waals surface area contributed by atoms with E-state index in [1.165, 1.54) is 0 Å². The molecule has 0 aliphatic heterocycles. The van der Waals surface area contributed by atoms with Gasteiger partial charge < -0.3 is 49.6 Å². The summed E-state index contributed by atoms with van der Waals surface area (Å²) in [5, 5.41) is 0. The van der Waals surface area contributed by atoms with Crippen molar-refractivity contribution in [3.63, 3.8) is 0 Å². The van der Waals surface area contributed by atoms with Crippen molar-refractivity contribution >= 4 is 0 Å². The van der Waals surface area contributed by atoms with Crippen LogP contribution in [0.4, 0.5) is 0 Å². The van der Waals surface area contributed by atoms with Gasteiger partial charge in [0, 0.05) is 0 Å². The van der Waals surface area contributed by atoms with Crippen molar-refractivity contribution in [2.45, 2.75) is 0 Å². The fraction of sp³-hybridized carbons (Fsp3) is 0. The average Bonchev–Trinajstić information content (AvgIpc) is 0. The fourth-order valence-electron chi connectivity index (χ4n) is 0. The first kappa shape index (κ1) is 71.0. The fourth-order valence-corrected chi connectivity index (χ4v) is 0. The second kappa shape index (κ2) is 47.5. The Morgan fingerprint density at radius 3 is 0.500 bits per heavy atom. The third-order valence-corrected chi connectivity index (χ3v) is 0. The molecule has 0 amide bonds. The maximum atomic E-state index is 0. The van der Waals surface area contributed by atoms with Crippen molar-refractivity contribution < 1.29 is 96.5 Å². The summed E-state index contributed by atoms with van der Waals surface area (Å²) in [4.78, 5) is 0. The van der Waals surface area contributed by atoms with Gasteiger partial charge in [-0.25, -0.2) is 0 Å². The molecule has 0 aromatic heterocycles. The Labute approximate surface area is 95.3 Å². The molecule has 6 heavy (non-hydrogen) atoms. The van der Waals surface area contributed by atoms with E-state index in [1.54, 1.807) is 0 Å². The minimum Gasteiger partial charge on any atom is -1.00 e. The molecule has 0 saturated heterocycles. The van der Waals surface area contributed by atoms with E-state index >= 15 is 0 Å². The van der Waals surface area contributed by atoms with Crippen LogP contribution in [-0.4, -0.2) is 0 Å². The van der Waals surface area contributed by atoms with Crippen molar-refractivity contribution in [3.05, 3.63) is 0 Å². The zero-order valence-electron chi connectivity index (χ0n) is 2.92. The predicted molar refractivity (Wildman–Crippen MR) is 0 cm³/mol. The van der Waals surface area contributed by atoms with Crippen LogP contribution in [0.5, 0.6) is 0 Å². The molecule has 0 aromatic carbocycles. The molecule has 0 aliphatic carbocycles. The van der Waals surface area contributed by atoms with Gasteiger partial charge in [0.1, 0.15) is 0 Å². The van der Waals surface area contributed by atoms with Gasteiger partial charge in [-0.1, -0.05) is 0 Å². The van der Waals surface area contributed by atoms with Gasteiger partial charge >= 0.3 is 46.9 Å². The van der Waals surface area contributed by atoms with Crippen LogP contribution in [0.25, 0.3) is 0 Å². The SMILES string of the molecule is [Cl-].[Cl-].[Cl-].[Cl-].[Cr+3].[Na+]. The molecule has 0 spiro atoms. The zero-order valence-corrected chi connectivity index (χ0v) is 9.22. The van der Waals surface area contributed by atoms with Gasteiger partial charge in [-0.15, -0.1) is 0 Å². The molecule has 0 unspecified atom stereocenters. The topological polar surface area (TPSA) is 0 Å². The first-order valence-corrected chi connectivity index (χ1v) is 0. The normalized spacial score (nSPS) is 0. The first-order valence-electron chi connectivity index (χ1n) is 0. The van der Waals surface area contributed by atoms with Crippen LogP contribution in [0.2, 0.25) is 0 Å². The molecule has 0 N–H and O–H groups in total. The summed E-state index contributed by atoms with van der Waals surface area (Å²) in [5.74, 6) is 0. The summed E-state index contributed by atoms with van der Waals surface area (Å²) in [6.07, 6.45) is 0. The van der Waals surface area contributed by atoms with E-state index < -0.39 is 0 Å². The Morgan fingerprint density at radius 2 is 0.500 bits per heavy atom. The predicted octanol–water partition coefficient (Wildman–Crippen LogP) is -15.0. The Kier molecular flexibility index (Phi) is 562. The second-order valence-corrected chi connectivity index (χ2v) is 0. The summed E-state index contributed by atoms with van der Waals surface area (Å²) < 4.78 is 0. The van der Waals surface area contributed by atoms with Crippen LogP contribution in [-0.2, 0) is 17.4 Å². The Balaban J connectivity index is 0. The minimum absolute atomic E-state index is 0. The quantitative estimate of drug-likeness (QED) is 0.353. The molecular weight excluding hydrogens is 217 g/mol. The van der Waals surface area contributed by atoms with Crippen molar-refractivity contribution in [1.29, 1.82) is 0 Å². The van der Waals surface area contributed by atoms with Gasteiger partial charge in [0.15, 0.2) is 0 Å². The minimum atomic E-state index is 0. The monoisotopic (exact) mass is 215 g/mol. The van der Waals surface area contributed by atoms with Crippen LogP contribution in [0.15, 0.2) is 0 Å². The Bertz CT molecular complexity index is 7.51. The standard InChI is InChI=1S/4ClH.Cr.Na/h4*1H;;/q;;;;+3;+1/p-4. The molecule has 0 rings (SSSR count). The molecule has 1 radical (unpaired) electrons. The first-order chi connectivity index (χ1) is 0. The Hall–Kier alpha value is 2.69. The van der Waals surface area contributed by atoms with Crippen LogP contribution in [0.3, 0.4) is 0 Å². The summed E-state index contributed by atoms with van der Waals surface area (Å²) in [5.41, 5.74) is 0. The van der Waals surface area contributed by atoms with Gasteiger partial charge in [0.05, 0.1) is 0 Å². The van der Waals surface area contributed by atoms with Crippen LogP contribution in [0, 0.1) is 0 Å². The maximum absolute atomic E-state index is 0. The van der Waals surface area contributed by atoms with Gasteiger partial charge in [0.2, 0.25) is 0 Å². The molecule has 0 bridgehead atoms. The van der Waals surface area contributed by atoms with Crippen LogP contribution < -0.4 is 79.2 Å². The van der Waals surface area contributed by atoms with E-state index in [0.717, 1.165) is 0 Å². The number of halogens is 4. The molecule has 0 saturated carbocycles. The third kappa shape index (κ3) is 29.9. The van der Waals surface area contributed by atoms with Gasteiger partial charge in [-0.2, -0.15) is 0 Å². The van der Waals surface area contributed by atoms with Crippen molar-refractivity contribution in [3.8, 4) is 0 Å². The Morgan fingerprint density at radius 1 is 0.500 bits per heavy atom. The van der Waals surface area contributed by atoms with Crippen molar-refractivity contribution in [2.75, 3.05) is 0 Å². The summed E-state index contributed by atoms with van der Waals surface area (Å²) >= 11 is 0. The number of hydrogen-bond donors (Lipinski definition) is 0. The van der Waals surface area contributed by atoms with E-state index in [2.05, 4.69) is 0 Å². The van der Waals surface area contributed by atoms with E-state index in [0.29, 0.717) is 0 Å². The van der Waals surface area contributed by atoms with Gasteiger partial charge in [0.25, 0.3) is 0 Å². The van der Waals surface area contributed by atoms with Crippen LogP contribution in [0.1, 0.15) is 0 Å². The van der Waals surface area contributed by atoms with E-state index in [4.69, 9.17) is 0 Å². The summed E-state index contributed by atoms with van der Waals surface area (Å²) in [6.45, 7) is 0. The summed E-state index contributed by atoms with van der Waals surface area (Å²) in [6, 6.07) is 0. The van der Waals surface area contributed by atoms with E-state index in [1.807, 2.05) is 0 Å². The second-order valence-electron chi connectivity index (χ2n) is 0. The van der Waals surface area contributed by atoms with E-state index in [-0.39, 0.29) is 96.5 Å². The molecule has 0 atom stereocenters. The molecule has 0 heterocycles. The largest absolute Gasteiger partial charge is 3.00 e. The maximum Gasteiger partial charge on any atom is 3.00 e. The van der Waals surface area contributed by atoms with Gasteiger partial charge in [-0.05, 0) is 0 Å². The number of hydrogen-bond acceptors (Lipinski definition) is 0.